The fourth-order valence-electron chi connectivity index (χ4n) is 2.67. The smallest absolute Gasteiger partial charge is 0.222 e. The Morgan fingerprint density at radius 2 is 2.27 bits per heavy atom. The van der Waals surface area contributed by atoms with Crippen LogP contribution in [0.1, 0.15) is 44.2 Å². The lowest BCUT2D eigenvalue weighted by Gasteiger charge is -2.27. The second-order valence-electron chi connectivity index (χ2n) is 6.50. The zero-order valence-electron chi connectivity index (χ0n) is 13.9. The highest BCUT2D eigenvalue weighted by molar-refractivity contribution is 5.77. The van der Waals surface area contributed by atoms with Gasteiger partial charge in [-0.1, -0.05) is 29.8 Å². The monoisotopic (exact) mass is 305 g/mol. The molecule has 1 heterocycles. The molecule has 1 saturated heterocycles. The van der Waals surface area contributed by atoms with Crippen molar-refractivity contribution in [1.29, 1.82) is 0 Å². The fraction of sp³-hybridized carbons (Fsp3) is 0.611. The molecule has 1 amide bonds. The van der Waals surface area contributed by atoms with Gasteiger partial charge in [-0.25, -0.2) is 0 Å². The lowest BCUT2D eigenvalue weighted by atomic mass is 9.93. The molecule has 1 aromatic carbocycles. The number of carbonyl (C=O) groups excluding carboxylic acids is 1. The Morgan fingerprint density at radius 1 is 1.45 bits per heavy atom. The van der Waals surface area contributed by atoms with Gasteiger partial charge in [-0.2, -0.15) is 0 Å². The summed E-state index contributed by atoms with van der Waals surface area (Å²) in [4.78, 5) is 12.1. The maximum Gasteiger partial charge on any atom is 0.222 e. The Morgan fingerprint density at radius 3 is 2.95 bits per heavy atom. The van der Waals surface area contributed by atoms with Crippen molar-refractivity contribution >= 4 is 5.91 Å². The summed E-state index contributed by atoms with van der Waals surface area (Å²) in [6.07, 6.45) is 2.76. The minimum absolute atomic E-state index is 0.0128. The van der Waals surface area contributed by atoms with E-state index in [-0.39, 0.29) is 17.6 Å². The molecule has 22 heavy (non-hydrogen) atoms. The first kappa shape index (κ1) is 17.0. The van der Waals surface area contributed by atoms with Crippen molar-refractivity contribution in [3.05, 3.63) is 35.4 Å². The van der Waals surface area contributed by atoms with Gasteiger partial charge in [0.25, 0.3) is 0 Å². The number of hydrogen-bond donors (Lipinski definition) is 1. The predicted octanol–water partition coefficient (Wildman–Crippen LogP) is 2.93. The van der Waals surface area contributed by atoms with E-state index in [1.54, 1.807) is 0 Å². The van der Waals surface area contributed by atoms with Crippen molar-refractivity contribution in [2.45, 2.75) is 51.7 Å². The van der Waals surface area contributed by atoms with Crippen LogP contribution in [0.2, 0.25) is 0 Å². The molecular weight excluding hydrogens is 278 g/mol. The maximum atomic E-state index is 12.1. The van der Waals surface area contributed by atoms with Crippen LogP contribution in [0.4, 0.5) is 0 Å². The first-order chi connectivity index (χ1) is 10.5. The quantitative estimate of drug-likeness (QED) is 0.788. The average Bonchev–Trinajstić information content (AvgIpc) is 2.96. The largest absolute Gasteiger partial charge is 0.378 e. The normalized spacial score (nSPS) is 18.4. The molecule has 0 aromatic heterocycles. The van der Waals surface area contributed by atoms with Crippen LogP contribution in [0.5, 0.6) is 0 Å². The van der Waals surface area contributed by atoms with Crippen LogP contribution in [0.25, 0.3) is 0 Å². The molecule has 0 bridgehead atoms. The van der Waals surface area contributed by atoms with E-state index in [4.69, 9.17) is 9.47 Å². The van der Waals surface area contributed by atoms with Crippen molar-refractivity contribution in [3.8, 4) is 0 Å². The third-order valence-corrected chi connectivity index (χ3v) is 3.99. The van der Waals surface area contributed by atoms with Gasteiger partial charge in [-0.05, 0) is 39.2 Å². The standard InChI is InChI=1S/C18H27NO3/c1-14-6-4-7-15(12-14)18(2,3)19-17(20)9-11-21-13-16-8-5-10-22-16/h4,6-7,12,16H,5,8-11,13H2,1-3H3,(H,19,20)/t16-/m0/s1. The topological polar surface area (TPSA) is 47.6 Å². The van der Waals surface area contributed by atoms with Gasteiger partial charge in [0.2, 0.25) is 5.91 Å². The Balaban J connectivity index is 1.73. The number of hydrogen-bond acceptors (Lipinski definition) is 3. The van der Waals surface area contributed by atoms with Gasteiger partial charge in [-0.15, -0.1) is 0 Å². The average molecular weight is 305 g/mol. The van der Waals surface area contributed by atoms with E-state index in [2.05, 4.69) is 24.4 Å². The van der Waals surface area contributed by atoms with Gasteiger partial charge in [0, 0.05) is 13.0 Å². The summed E-state index contributed by atoms with van der Waals surface area (Å²) >= 11 is 0. The molecule has 0 aliphatic carbocycles. The van der Waals surface area contributed by atoms with Crippen LogP contribution >= 0.6 is 0 Å². The second kappa shape index (κ2) is 7.75. The van der Waals surface area contributed by atoms with E-state index in [0.29, 0.717) is 19.6 Å². The summed E-state index contributed by atoms with van der Waals surface area (Å²) in [6, 6.07) is 8.22. The van der Waals surface area contributed by atoms with Crippen molar-refractivity contribution in [1.82, 2.24) is 5.32 Å². The lowest BCUT2D eigenvalue weighted by Crippen LogP contribution is -2.41. The third-order valence-electron chi connectivity index (χ3n) is 3.99. The van der Waals surface area contributed by atoms with Gasteiger partial charge >= 0.3 is 0 Å². The highest BCUT2D eigenvalue weighted by atomic mass is 16.5. The van der Waals surface area contributed by atoms with Gasteiger partial charge < -0.3 is 14.8 Å². The van der Waals surface area contributed by atoms with Crippen LogP contribution in [0.15, 0.2) is 24.3 Å². The lowest BCUT2D eigenvalue weighted by molar-refractivity contribution is -0.124. The summed E-state index contributed by atoms with van der Waals surface area (Å²) in [5.41, 5.74) is 1.93. The number of ether oxygens (including phenoxy) is 2. The molecule has 0 unspecified atom stereocenters. The van der Waals surface area contributed by atoms with Crippen molar-refractivity contribution in [3.63, 3.8) is 0 Å². The molecule has 2 rings (SSSR count). The van der Waals surface area contributed by atoms with Crippen LogP contribution < -0.4 is 5.32 Å². The minimum Gasteiger partial charge on any atom is -0.378 e. The number of rotatable bonds is 7. The Labute approximate surface area is 133 Å². The van der Waals surface area contributed by atoms with E-state index in [1.807, 2.05) is 26.0 Å². The van der Waals surface area contributed by atoms with Crippen molar-refractivity contribution in [2.24, 2.45) is 0 Å². The van der Waals surface area contributed by atoms with Crippen molar-refractivity contribution < 1.29 is 14.3 Å². The molecule has 1 atom stereocenters. The van der Waals surface area contributed by atoms with E-state index in [1.165, 1.54) is 5.56 Å². The number of benzene rings is 1. The zero-order chi connectivity index (χ0) is 16.0. The Bertz CT molecular complexity index is 493. The fourth-order valence-corrected chi connectivity index (χ4v) is 2.67. The summed E-state index contributed by atoms with van der Waals surface area (Å²) in [5.74, 6) is 0.0128. The van der Waals surface area contributed by atoms with E-state index in [0.717, 1.165) is 25.0 Å². The summed E-state index contributed by atoms with van der Waals surface area (Å²) in [6.45, 7) is 7.96. The molecule has 4 heteroatoms. The van der Waals surface area contributed by atoms with Gasteiger partial charge in [0.05, 0.1) is 24.9 Å². The molecule has 4 nitrogen and oxygen atoms in total. The van der Waals surface area contributed by atoms with Crippen molar-refractivity contribution in [2.75, 3.05) is 19.8 Å². The number of nitrogens with one attached hydrogen (secondary N) is 1. The number of amides is 1. The molecule has 0 spiro atoms. The first-order valence-electron chi connectivity index (χ1n) is 8.05. The molecule has 0 radical (unpaired) electrons. The minimum atomic E-state index is -0.377. The highest BCUT2D eigenvalue weighted by Crippen LogP contribution is 2.21. The highest BCUT2D eigenvalue weighted by Gasteiger charge is 2.22. The maximum absolute atomic E-state index is 12.1. The van der Waals surface area contributed by atoms with Crippen LogP contribution in [-0.2, 0) is 19.8 Å². The van der Waals surface area contributed by atoms with Gasteiger partial charge in [0.15, 0.2) is 0 Å². The molecule has 1 aliphatic rings. The molecular formula is C18H27NO3. The predicted molar refractivity (Wildman–Crippen MR) is 86.8 cm³/mol. The third kappa shape index (κ3) is 5.11. The molecule has 1 fully saturated rings. The van der Waals surface area contributed by atoms with Crippen LogP contribution in [-0.4, -0.2) is 31.8 Å². The van der Waals surface area contributed by atoms with E-state index >= 15 is 0 Å². The summed E-state index contributed by atoms with van der Waals surface area (Å²) in [5, 5.41) is 3.08. The van der Waals surface area contributed by atoms with E-state index in [9.17, 15) is 4.79 Å². The van der Waals surface area contributed by atoms with Gasteiger partial charge in [-0.3, -0.25) is 4.79 Å². The Kier molecular flexibility index (Phi) is 5.98. The molecule has 122 valence electrons. The second-order valence-corrected chi connectivity index (χ2v) is 6.50. The van der Waals surface area contributed by atoms with E-state index < -0.39 is 0 Å². The molecule has 1 aromatic rings. The Hall–Kier alpha value is -1.39. The molecule has 1 N–H and O–H groups in total. The first-order valence-corrected chi connectivity index (χ1v) is 8.05. The summed E-state index contributed by atoms with van der Waals surface area (Å²) in [7, 11) is 0. The van der Waals surface area contributed by atoms with Crippen LogP contribution in [0.3, 0.4) is 0 Å². The molecule has 1 aliphatic heterocycles. The summed E-state index contributed by atoms with van der Waals surface area (Å²) < 4.78 is 11.0. The number of carbonyl (C=O) groups is 1. The van der Waals surface area contributed by atoms with Gasteiger partial charge in [0.1, 0.15) is 0 Å². The SMILES string of the molecule is Cc1cccc(C(C)(C)NC(=O)CCOC[C@@H]2CCCO2)c1. The zero-order valence-corrected chi connectivity index (χ0v) is 13.9. The van der Waals surface area contributed by atoms with Crippen LogP contribution in [0, 0.1) is 6.92 Å². The molecule has 0 saturated carbocycles. The number of aryl methyl sites for hydroxylation is 1.